The van der Waals surface area contributed by atoms with E-state index in [-0.39, 0.29) is 10.6 Å². The fraction of sp³-hybridized carbons (Fsp3) is 0.455. The number of rotatable bonds is 5. The Kier molecular flexibility index (Phi) is 4.28. The summed E-state index contributed by atoms with van der Waals surface area (Å²) in [6.07, 6.45) is 1.91. The molecule has 0 saturated heterocycles. The van der Waals surface area contributed by atoms with Crippen molar-refractivity contribution in [3.8, 4) is 0 Å². The molecule has 7 heteroatoms. The van der Waals surface area contributed by atoms with Crippen LogP contribution in [0.1, 0.15) is 13.3 Å². The molecule has 18 heavy (non-hydrogen) atoms. The number of nitro benzene ring substituents is 1. The molecule has 0 aromatic heterocycles. The molecule has 0 aliphatic heterocycles. The van der Waals surface area contributed by atoms with E-state index < -0.39 is 14.8 Å². The summed E-state index contributed by atoms with van der Waals surface area (Å²) in [6.45, 7) is 2.66. The van der Waals surface area contributed by atoms with E-state index in [9.17, 15) is 18.5 Å². The molecule has 0 unspecified atom stereocenters. The highest BCUT2D eigenvalue weighted by atomic mass is 32.2. The third kappa shape index (κ3) is 3.19. The number of hydrogen-bond donors (Lipinski definition) is 0. The summed E-state index contributed by atoms with van der Waals surface area (Å²) >= 11 is 0. The molecule has 100 valence electrons. The molecule has 0 atom stereocenters. The SMILES string of the molecule is CCCN(C)c1ccc([N+](=O)[O-])cc1S(C)(=O)=O. The second kappa shape index (κ2) is 5.34. The van der Waals surface area contributed by atoms with Gasteiger partial charge in [0.1, 0.15) is 0 Å². The molecule has 0 saturated carbocycles. The van der Waals surface area contributed by atoms with Gasteiger partial charge in [-0.1, -0.05) is 6.92 Å². The van der Waals surface area contributed by atoms with Gasteiger partial charge in [-0.3, -0.25) is 10.1 Å². The maximum Gasteiger partial charge on any atom is 0.270 e. The second-order valence-corrected chi connectivity index (χ2v) is 6.09. The van der Waals surface area contributed by atoms with Gasteiger partial charge in [-0.15, -0.1) is 0 Å². The monoisotopic (exact) mass is 272 g/mol. The minimum Gasteiger partial charge on any atom is -0.374 e. The molecule has 0 bridgehead atoms. The summed E-state index contributed by atoms with van der Waals surface area (Å²) in [5.41, 5.74) is 0.272. The zero-order chi connectivity index (χ0) is 13.9. The van der Waals surface area contributed by atoms with Gasteiger partial charge >= 0.3 is 0 Å². The molecule has 1 aromatic carbocycles. The smallest absolute Gasteiger partial charge is 0.270 e. The first-order chi connectivity index (χ1) is 8.27. The Hall–Kier alpha value is -1.63. The summed E-state index contributed by atoms with van der Waals surface area (Å²) in [5, 5.41) is 10.7. The van der Waals surface area contributed by atoms with Crippen LogP contribution in [0.4, 0.5) is 11.4 Å². The van der Waals surface area contributed by atoms with E-state index >= 15 is 0 Å². The van der Waals surface area contributed by atoms with Crippen LogP contribution < -0.4 is 4.90 Å². The predicted molar refractivity (Wildman–Crippen MR) is 69.8 cm³/mol. The fourth-order valence-electron chi connectivity index (χ4n) is 1.68. The van der Waals surface area contributed by atoms with Gasteiger partial charge in [-0.05, 0) is 12.5 Å². The Balaban J connectivity index is 3.39. The molecule has 0 N–H and O–H groups in total. The standard InChI is InChI=1S/C11H16N2O4S/c1-4-7-12(2)10-6-5-9(13(14)15)8-11(10)18(3,16)17/h5-6,8H,4,7H2,1-3H3. The quantitative estimate of drug-likeness (QED) is 0.603. The zero-order valence-electron chi connectivity index (χ0n) is 10.6. The number of non-ortho nitro benzene ring substituents is 1. The van der Waals surface area contributed by atoms with Gasteiger partial charge in [-0.2, -0.15) is 0 Å². The van der Waals surface area contributed by atoms with Gasteiger partial charge in [0.2, 0.25) is 0 Å². The molecular formula is C11H16N2O4S. The number of hydrogen-bond acceptors (Lipinski definition) is 5. The van der Waals surface area contributed by atoms with Crippen LogP contribution in [0.25, 0.3) is 0 Å². The minimum absolute atomic E-state index is 0.00681. The Morgan fingerprint density at radius 2 is 2.00 bits per heavy atom. The number of benzene rings is 1. The van der Waals surface area contributed by atoms with E-state index in [1.54, 1.807) is 11.9 Å². The Morgan fingerprint density at radius 3 is 2.44 bits per heavy atom. The van der Waals surface area contributed by atoms with Crippen molar-refractivity contribution in [1.29, 1.82) is 0 Å². The van der Waals surface area contributed by atoms with Crippen LogP contribution in [-0.2, 0) is 9.84 Å². The van der Waals surface area contributed by atoms with Crippen LogP contribution in [0.3, 0.4) is 0 Å². The lowest BCUT2D eigenvalue weighted by Crippen LogP contribution is -2.20. The highest BCUT2D eigenvalue weighted by Gasteiger charge is 2.20. The highest BCUT2D eigenvalue weighted by molar-refractivity contribution is 7.90. The number of sulfone groups is 1. The summed E-state index contributed by atoms with van der Waals surface area (Å²) in [6, 6.07) is 3.90. The molecule has 0 radical (unpaired) electrons. The highest BCUT2D eigenvalue weighted by Crippen LogP contribution is 2.28. The van der Waals surface area contributed by atoms with Crippen molar-refractivity contribution >= 4 is 21.2 Å². The van der Waals surface area contributed by atoms with Crippen molar-refractivity contribution in [2.45, 2.75) is 18.2 Å². The lowest BCUT2D eigenvalue weighted by atomic mass is 10.2. The third-order valence-electron chi connectivity index (χ3n) is 2.52. The second-order valence-electron chi connectivity index (χ2n) is 4.10. The average molecular weight is 272 g/mol. The lowest BCUT2D eigenvalue weighted by molar-refractivity contribution is -0.385. The number of nitrogens with zero attached hydrogens (tertiary/aromatic N) is 2. The maximum absolute atomic E-state index is 11.7. The zero-order valence-corrected chi connectivity index (χ0v) is 11.4. The first kappa shape index (κ1) is 14.4. The molecule has 0 aliphatic rings. The van der Waals surface area contributed by atoms with Crippen LogP contribution in [0, 0.1) is 10.1 Å². The van der Waals surface area contributed by atoms with Crippen molar-refractivity contribution in [2.24, 2.45) is 0 Å². The molecular weight excluding hydrogens is 256 g/mol. The molecule has 0 fully saturated rings. The Morgan fingerprint density at radius 1 is 1.39 bits per heavy atom. The van der Waals surface area contributed by atoms with Crippen LogP contribution in [0.15, 0.2) is 23.1 Å². The van der Waals surface area contributed by atoms with Gasteiger partial charge in [0, 0.05) is 32.0 Å². The van der Waals surface area contributed by atoms with Crippen LogP contribution in [-0.4, -0.2) is 33.2 Å². The number of anilines is 1. The summed E-state index contributed by atoms with van der Waals surface area (Å²) in [7, 11) is -1.74. The Labute approximate surface area is 106 Å². The van der Waals surface area contributed by atoms with Crippen molar-refractivity contribution in [3.63, 3.8) is 0 Å². The summed E-state index contributed by atoms with van der Waals surface area (Å²) in [4.78, 5) is 11.9. The molecule has 0 heterocycles. The van der Waals surface area contributed by atoms with Gasteiger partial charge in [-0.25, -0.2) is 8.42 Å². The van der Waals surface area contributed by atoms with Crippen LogP contribution >= 0.6 is 0 Å². The molecule has 6 nitrogen and oxygen atoms in total. The van der Waals surface area contributed by atoms with Crippen LogP contribution in [0.2, 0.25) is 0 Å². The van der Waals surface area contributed by atoms with Crippen LogP contribution in [0.5, 0.6) is 0 Å². The topological polar surface area (TPSA) is 80.5 Å². The first-order valence-electron chi connectivity index (χ1n) is 5.47. The molecule has 1 aromatic rings. The fourth-order valence-corrected chi connectivity index (χ4v) is 2.62. The summed E-state index contributed by atoms with van der Waals surface area (Å²) in [5.74, 6) is 0. The van der Waals surface area contributed by atoms with E-state index in [1.807, 2.05) is 6.92 Å². The van der Waals surface area contributed by atoms with E-state index in [2.05, 4.69) is 0 Å². The molecule has 1 rings (SSSR count). The maximum atomic E-state index is 11.7. The minimum atomic E-state index is -3.50. The molecule has 0 spiro atoms. The molecule has 0 aliphatic carbocycles. The van der Waals surface area contributed by atoms with E-state index in [0.29, 0.717) is 12.2 Å². The van der Waals surface area contributed by atoms with E-state index in [1.165, 1.54) is 12.1 Å². The van der Waals surface area contributed by atoms with Crippen molar-refractivity contribution in [3.05, 3.63) is 28.3 Å². The normalized spacial score (nSPS) is 11.3. The average Bonchev–Trinajstić information content (AvgIpc) is 2.27. The lowest BCUT2D eigenvalue weighted by Gasteiger charge is -2.20. The van der Waals surface area contributed by atoms with Crippen molar-refractivity contribution in [2.75, 3.05) is 24.7 Å². The number of nitro groups is 1. The first-order valence-corrected chi connectivity index (χ1v) is 7.36. The van der Waals surface area contributed by atoms with E-state index in [0.717, 1.165) is 18.7 Å². The van der Waals surface area contributed by atoms with Crippen molar-refractivity contribution in [1.82, 2.24) is 0 Å². The molecule has 0 amide bonds. The predicted octanol–water partition coefficient (Wildman–Crippen LogP) is 1.84. The van der Waals surface area contributed by atoms with Gasteiger partial charge in [0.05, 0.1) is 15.5 Å². The van der Waals surface area contributed by atoms with E-state index in [4.69, 9.17) is 0 Å². The van der Waals surface area contributed by atoms with Gasteiger partial charge < -0.3 is 4.90 Å². The Bertz CT molecular complexity index is 554. The summed E-state index contributed by atoms with van der Waals surface area (Å²) < 4.78 is 23.4. The largest absolute Gasteiger partial charge is 0.374 e. The third-order valence-corrected chi connectivity index (χ3v) is 3.65. The van der Waals surface area contributed by atoms with Gasteiger partial charge in [0.25, 0.3) is 5.69 Å². The van der Waals surface area contributed by atoms with Crippen molar-refractivity contribution < 1.29 is 13.3 Å². The van der Waals surface area contributed by atoms with Gasteiger partial charge in [0.15, 0.2) is 9.84 Å².